The summed E-state index contributed by atoms with van der Waals surface area (Å²) in [6.45, 7) is 10.1. The first kappa shape index (κ1) is 12.3. The van der Waals surface area contributed by atoms with Crippen LogP contribution in [0.25, 0.3) is 0 Å². The van der Waals surface area contributed by atoms with Gasteiger partial charge in [0.2, 0.25) is 0 Å². The molecule has 2 saturated heterocycles. The number of ether oxygens (including phenoxy) is 2. The van der Waals surface area contributed by atoms with Crippen molar-refractivity contribution in [1.82, 2.24) is 9.80 Å². The summed E-state index contributed by atoms with van der Waals surface area (Å²) in [7, 11) is 4.24. The highest BCUT2D eigenvalue weighted by Gasteiger charge is 2.59. The predicted octanol–water partition coefficient (Wildman–Crippen LogP) is 1.12. The molecule has 4 nitrogen and oxygen atoms in total. The number of fused-ring (bicyclic) bond motifs is 1. The van der Waals surface area contributed by atoms with E-state index in [9.17, 15) is 0 Å². The van der Waals surface area contributed by atoms with Crippen molar-refractivity contribution in [3.8, 4) is 0 Å². The second kappa shape index (κ2) is 3.67. The van der Waals surface area contributed by atoms with Crippen LogP contribution in [0.2, 0.25) is 0 Å². The van der Waals surface area contributed by atoms with Gasteiger partial charge in [-0.2, -0.15) is 0 Å². The highest BCUT2D eigenvalue weighted by Crippen LogP contribution is 2.43. The first-order valence-corrected chi connectivity index (χ1v) is 6.06. The van der Waals surface area contributed by atoms with Gasteiger partial charge < -0.3 is 9.47 Å². The minimum absolute atomic E-state index is 0.369. The van der Waals surface area contributed by atoms with Crippen molar-refractivity contribution in [2.75, 3.05) is 27.3 Å². The van der Waals surface area contributed by atoms with Crippen molar-refractivity contribution in [2.24, 2.45) is 0 Å². The molecule has 0 aromatic carbocycles. The van der Waals surface area contributed by atoms with Crippen LogP contribution in [-0.4, -0.2) is 60.6 Å². The van der Waals surface area contributed by atoms with Gasteiger partial charge >= 0.3 is 0 Å². The Morgan fingerprint density at radius 3 is 1.50 bits per heavy atom. The van der Waals surface area contributed by atoms with E-state index in [0.717, 1.165) is 13.2 Å². The summed E-state index contributed by atoms with van der Waals surface area (Å²) in [6.07, 6.45) is 0. The van der Waals surface area contributed by atoms with Gasteiger partial charge in [0, 0.05) is 12.1 Å². The fraction of sp³-hybridized carbons (Fsp3) is 1.00. The first-order valence-electron chi connectivity index (χ1n) is 6.06. The summed E-state index contributed by atoms with van der Waals surface area (Å²) in [5, 5.41) is 0. The van der Waals surface area contributed by atoms with Crippen LogP contribution in [0.5, 0.6) is 0 Å². The molecule has 0 spiro atoms. The molecule has 2 aliphatic heterocycles. The summed E-state index contributed by atoms with van der Waals surface area (Å²) in [6, 6.07) is 0.778. The average molecular weight is 228 g/mol. The van der Waals surface area contributed by atoms with Crippen molar-refractivity contribution in [2.45, 2.75) is 51.2 Å². The second-order valence-corrected chi connectivity index (χ2v) is 5.51. The monoisotopic (exact) mass is 228 g/mol. The van der Waals surface area contributed by atoms with E-state index in [1.807, 2.05) is 0 Å². The van der Waals surface area contributed by atoms with Gasteiger partial charge in [-0.15, -0.1) is 0 Å². The molecule has 0 aliphatic carbocycles. The van der Waals surface area contributed by atoms with Crippen LogP contribution in [0.15, 0.2) is 0 Å². The van der Waals surface area contributed by atoms with Crippen LogP contribution < -0.4 is 0 Å². The maximum Gasteiger partial charge on any atom is 0.161 e. The minimum Gasteiger partial charge on any atom is -0.355 e. The number of likely N-dealkylation sites (N-methyl/N-ethyl adjacent to an activating group) is 2. The van der Waals surface area contributed by atoms with Crippen LogP contribution in [0.4, 0.5) is 0 Å². The molecule has 4 atom stereocenters. The lowest BCUT2D eigenvalue weighted by atomic mass is 9.92. The van der Waals surface area contributed by atoms with Crippen LogP contribution in [0.1, 0.15) is 27.7 Å². The average Bonchev–Trinajstić information content (AvgIpc) is 2.26. The number of hydrogen-bond acceptors (Lipinski definition) is 4. The molecule has 0 aromatic rings. The van der Waals surface area contributed by atoms with E-state index in [2.05, 4.69) is 51.6 Å². The summed E-state index contributed by atoms with van der Waals surface area (Å²) < 4.78 is 12.2. The molecule has 0 saturated carbocycles. The van der Waals surface area contributed by atoms with E-state index in [4.69, 9.17) is 9.47 Å². The Hall–Kier alpha value is -0.160. The number of morpholine rings is 2. The molecule has 0 unspecified atom stereocenters. The lowest BCUT2D eigenvalue weighted by Gasteiger charge is -2.63. The molecule has 2 heterocycles. The molecular weight excluding hydrogens is 204 g/mol. The van der Waals surface area contributed by atoms with Gasteiger partial charge in [0.25, 0.3) is 0 Å². The third-order valence-corrected chi connectivity index (χ3v) is 4.74. The Morgan fingerprint density at radius 1 is 0.875 bits per heavy atom. The van der Waals surface area contributed by atoms with Crippen molar-refractivity contribution in [3.05, 3.63) is 0 Å². The Morgan fingerprint density at radius 2 is 1.19 bits per heavy atom. The number of hydrogen-bond donors (Lipinski definition) is 0. The van der Waals surface area contributed by atoms with Crippen molar-refractivity contribution >= 4 is 0 Å². The first-order chi connectivity index (χ1) is 7.33. The van der Waals surface area contributed by atoms with Gasteiger partial charge in [-0.25, -0.2) is 0 Å². The maximum absolute atomic E-state index is 6.10. The molecule has 0 amide bonds. The highest BCUT2D eigenvalue weighted by atomic mass is 16.6. The molecule has 0 aromatic heterocycles. The molecule has 2 fully saturated rings. The third kappa shape index (κ3) is 1.37. The van der Waals surface area contributed by atoms with Gasteiger partial charge in [-0.1, -0.05) is 0 Å². The van der Waals surface area contributed by atoms with Crippen LogP contribution in [-0.2, 0) is 9.47 Å². The smallest absolute Gasteiger partial charge is 0.161 e. The predicted molar refractivity (Wildman–Crippen MR) is 63.2 cm³/mol. The second-order valence-electron chi connectivity index (χ2n) is 5.51. The summed E-state index contributed by atoms with van der Waals surface area (Å²) in [5.41, 5.74) is -0.738. The number of rotatable bonds is 0. The standard InChI is InChI=1S/C12H24N2O2/c1-9-7-15-12(4)11(3,13(9)5)16-8-10(2)14(12)6/h9-10H,7-8H2,1-6H3/t9-,10-,11-,12-/m1/s1. The molecular formula is C12H24N2O2. The van der Waals surface area contributed by atoms with Crippen molar-refractivity contribution < 1.29 is 9.47 Å². The van der Waals surface area contributed by atoms with Gasteiger partial charge in [-0.3, -0.25) is 9.80 Å². The van der Waals surface area contributed by atoms with Crippen molar-refractivity contribution in [3.63, 3.8) is 0 Å². The Labute approximate surface area is 98.5 Å². The highest BCUT2D eigenvalue weighted by molar-refractivity contribution is 5.03. The van der Waals surface area contributed by atoms with Crippen molar-refractivity contribution in [1.29, 1.82) is 0 Å². The zero-order valence-corrected chi connectivity index (χ0v) is 11.3. The lowest BCUT2D eigenvalue weighted by Crippen LogP contribution is -2.78. The quantitative estimate of drug-likeness (QED) is 0.620. The Balaban J connectivity index is 2.37. The fourth-order valence-corrected chi connectivity index (χ4v) is 2.76. The van der Waals surface area contributed by atoms with Gasteiger partial charge in [-0.05, 0) is 41.8 Å². The maximum atomic E-state index is 6.10. The SMILES string of the molecule is C[C@@H]1CO[C@@]2(C)N(C)[C@H](C)CO[C@@]2(C)N1C. The van der Waals surface area contributed by atoms with E-state index in [0.29, 0.717) is 12.1 Å². The molecule has 2 aliphatic rings. The van der Waals surface area contributed by atoms with Gasteiger partial charge in [0.15, 0.2) is 11.4 Å². The van der Waals surface area contributed by atoms with E-state index < -0.39 is 0 Å². The van der Waals surface area contributed by atoms with E-state index >= 15 is 0 Å². The molecule has 0 radical (unpaired) electrons. The van der Waals surface area contributed by atoms with E-state index in [1.54, 1.807) is 0 Å². The van der Waals surface area contributed by atoms with E-state index in [-0.39, 0.29) is 11.4 Å². The third-order valence-electron chi connectivity index (χ3n) is 4.74. The molecule has 0 bridgehead atoms. The topological polar surface area (TPSA) is 24.9 Å². The molecule has 4 heteroatoms. The number of nitrogens with zero attached hydrogens (tertiary/aromatic N) is 2. The summed E-state index contributed by atoms with van der Waals surface area (Å²) in [4.78, 5) is 4.58. The Kier molecular flexibility index (Phi) is 2.82. The molecule has 94 valence electrons. The summed E-state index contributed by atoms with van der Waals surface area (Å²) >= 11 is 0. The lowest BCUT2D eigenvalue weighted by molar-refractivity contribution is -0.375. The molecule has 2 rings (SSSR count). The zero-order valence-electron chi connectivity index (χ0n) is 11.3. The molecule has 16 heavy (non-hydrogen) atoms. The van der Waals surface area contributed by atoms with Crippen LogP contribution >= 0.6 is 0 Å². The largest absolute Gasteiger partial charge is 0.355 e. The molecule has 0 N–H and O–H groups in total. The van der Waals surface area contributed by atoms with E-state index in [1.165, 1.54) is 0 Å². The minimum atomic E-state index is -0.369. The van der Waals surface area contributed by atoms with Crippen LogP contribution in [0.3, 0.4) is 0 Å². The summed E-state index contributed by atoms with van der Waals surface area (Å²) in [5.74, 6) is 0. The van der Waals surface area contributed by atoms with Gasteiger partial charge in [0.05, 0.1) is 13.2 Å². The van der Waals surface area contributed by atoms with Gasteiger partial charge in [0.1, 0.15) is 0 Å². The Bertz CT molecular complexity index is 258. The zero-order chi connectivity index (χ0) is 12.1. The normalized spacial score (nSPS) is 51.4. The van der Waals surface area contributed by atoms with Crippen LogP contribution in [0, 0.1) is 0 Å². The fourth-order valence-electron chi connectivity index (χ4n) is 2.76.